The van der Waals surface area contributed by atoms with E-state index < -0.39 is 10.0 Å². The summed E-state index contributed by atoms with van der Waals surface area (Å²) in [5, 5.41) is 12.0. The highest BCUT2D eigenvalue weighted by molar-refractivity contribution is 9.10. The van der Waals surface area contributed by atoms with Crippen LogP contribution in [0, 0.1) is 0 Å². The molecule has 9 nitrogen and oxygen atoms in total. The predicted octanol–water partition coefficient (Wildman–Crippen LogP) is 3.86. The fourth-order valence-electron chi connectivity index (χ4n) is 4.02. The Morgan fingerprint density at radius 1 is 1.03 bits per heavy atom. The summed E-state index contributed by atoms with van der Waals surface area (Å²) in [4.78, 5) is 24.3. The Kier molecular flexibility index (Phi) is 9.17. The van der Waals surface area contributed by atoms with Crippen LogP contribution in [0.2, 0.25) is 0 Å². The number of thioether (sulfide) groups is 1. The Morgan fingerprint density at radius 3 is 2.35 bits per heavy atom. The Bertz CT molecular complexity index is 1350. The molecule has 0 unspecified atom stereocenters. The van der Waals surface area contributed by atoms with E-state index in [0.717, 1.165) is 28.8 Å². The maximum absolute atomic E-state index is 12.9. The van der Waals surface area contributed by atoms with Gasteiger partial charge in [-0.1, -0.05) is 39.8 Å². The molecule has 0 spiro atoms. The van der Waals surface area contributed by atoms with Crippen molar-refractivity contribution in [2.75, 3.05) is 25.4 Å². The molecular formula is C25H28BrN5O4S2. The van der Waals surface area contributed by atoms with Crippen molar-refractivity contribution < 1.29 is 18.0 Å². The second kappa shape index (κ2) is 12.3. The highest BCUT2D eigenvalue weighted by Crippen LogP contribution is 2.26. The topological polar surface area (TPSA) is 114 Å². The van der Waals surface area contributed by atoms with Crippen LogP contribution < -0.4 is 5.32 Å². The van der Waals surface area contributed by atoms with Crippen molar-refractivity contribution in [3.63, 3.8) is 0 Å². The number of halogens is 1. The van der Waals surface area contributed by atoms with Gasteiger partial charge >= 0.3 is 0 Å². The number of nitrogens with one attached hydrogen (secondary N) is 1. The zero-order valence-electron chi connectivity index (χ0n) is 20.4. The highest BCUT2D eigenvalue weighted by atomic mass is 79.9. The molecule has 0 atom stereocenters. The minimum atomic E-state index is -3.52. The van der Waals surface area contributed by atoms with Gasteiger partial charge in [0.2, 0.25) is 15.9 Å². The number of amides is 1. The number of rotatable bonds is 11. The minimum Gasteiger partial charge on any atom is -0.356 e. The van der Waals surface area contributed by atoms with Gasteiger partial charge in [0.05, 0.1) is 10.6 Å². The van der Waals surface area contributed by atoms with E-state index in [9.17, 15) is 18.0 Å². The van der Waals surface area contributed by atoms with Crippen LogP contribution in [0.1, 0.15) is 42.4 Å². The van der Waals surface area contributed by atoms with Crippen LogP contribution >= 0.6 is 27.7 Å². The molecule has 12 heteroatoms. The van der Waals surface area contributed by atoms with Gasteiger partial charge in [0.25, 0.3) is 0 Å². The van der Waals surface area contributed by atoms with Gasteiger partial charge in [-0.25, -0.2) is 8.42 Å². The summed E-state index contributed by atoms with van der Waals surface area (Å²) in [5.41, 5.74) is 1.31. The molecule has 3 aromatic rings. The minimum absolute atomic E-state index is 0.0780. The Hall–Kier alpha value is -2.54. The van der Waals surface area contributed by atoms with Crippen LogP contribution in [0.25, 0.3) is 5.69 Å². The Balaban J connectivity index is 1.46. The van der Waals surface area contributed by atoms with Gasteiger partial charge in [0.1, 0.15) is 5.82 Å². The molecule has 1 saturated heterocycles. The number of hydrogen-bond acceptors (Lipinski definition) is 7. The summed E-state index contributed by atoms with van der Waals surface area (Å²) < 4.78 is 29.8. The largest absolute Gasteiger partial charge is 0.356 e. The summed E-state index contributed by atoms with van der Waals surface area (Å²) in [6, 6.07) is 13.9. The maximum atomic E-state index is 12.9. The van der Waals surface area contributed by atoms with Gasteiger partial charge < -0.3 is 5.32 Å². The molecule has 1 amide bonds. The molecule has 0 bridgehead atoms. The zero-order valence-corrected chi connectivity index (χ0v) is 23.6. The lowest BCUT2D eigenvalue weighted by atomic mass is 10.1. The standard InChI is InChI=1S/C25H28BrN5O4S2/c1-18(32)27-14-4-5-24-28-29-25(31(24)21-10-8-20(26)9-11-21)36-17-23(33)19-6-12-22(13-7-19)37(34,35)30-15-2-3-16-30/h6-13H,2-5,14-17H2,1H3,(H,27,32). The molecule has 1 fully saturated rings. The van der Waals surface area contributed by atoms with Gasteiger partial charge in [-0.2, -0.15) is 4.31 Å². The molecule has 1 aliphatic rings. The van der Waals surface area contributed by atoms with Gasteiger partial charge in [0.15, 0.2) is 10.9 Å². The van der Waals surface area contributed by atoms with Crippen LogP contribution in [0.3, 0.4) is 0 Å². The molecule has 196 valence electrons. The number of sulfonamides is 1. The fraction of sp³-hybridized carbons (Fsp3) is 0.360. The second-order valence-corrected chi connectivity index (χ2v) is 12.4. The molecule has 1 aromatic heterocycles. The van der Waals surface area contributed by atoms with Crippen LogP contribution in [0.5, 0.6) is 0 Å². The summed E-state index contributed by atoms with van der Waals surface area (Å²) in [6.07, 6.45) is 3.04. The summed E-state index contributed by atoms with van der Waals surface area (Å²) in [5.74, 6) is 0.649. The van der Waals surface area contributed by atoms with E-state index in [-0.39, 0.29) is 22.3 Å². The summed E-state index contributed by atoms with van der Waals surface area (Å²) >= 11 is 4.73. The molecule has 4 rings (SSSR count). The average Bonchev–Trinajstić information content (AvgIpc) is 3.57. The van der Waals surface area contributed by atoms with E-state index in [4.69, 9.17) is 0 Å². The third kappa shape index (κ3) is 6.86. The van der Waals surface area contributed by atoms with Crippen molar-refractivity contribution in [3.05, 3.63) is 64.4 Å². The lowest BCUT2D eigenvalue weighted by Crippen LogP contribution is -2.27. The number of aryl methyl sites for hydroxylation is 1. The predicted molar refractivity (Wildman–Crippen MR) is 146 cm³/mol. The molecule has 1 aliphatic heterocycles. The van der Waals surface area contributed by atoms with Crippen molar-refractivity contribution in [1.82, 2.24) is 24.4 Å². The zero-order chi connectivity index (χ0) is 26.4. The number of hydrogen-bond donors (Lipinski definition) is 1. The van der Waals surface area contributed by atoms with E-state index in [2.05, 4.69) is 31.4 Å². The van der Waals surface area contributed by atoms with Crippen molar-refractivity contribution in [2.24, 2.45) is 0 Å². The smallest absolute Gasteiger partial charge is 0.243 e. The first-order valence-electron chi connectivity index (χ1n) is 12.0. The average molecular weight is 607 g/mol. The maximum Gasteiger partial charge on any atom is 0.243 e. The van der Waals surface area contributed by atoms with E-state index in [1.807, 2.05) is 28.8 Å². The van der Waals surface area contributed by atoms with Gasteiger partial charge in [0, 0.05) is 48.7 Å². The molecular weight excluding hydrogens is 578 g/mol. The molecule has 2 aromatic carbocycles. The van der Waals surface area contributed by atoms with Crippen molar-refractivity contribution in [3.8, 4) is 5.69 Å². The van der Waals surface area contributed by atoms with Crippen LogP contribution in [-0.4, -0.2) is 64.6 Å². The van der Waals surface area contributed by atoms with Crippen LogP contribution in [0.4, 0.5) is 0 Å². The normalized spacial score (nSPS) is 14.1. The van der Waals surface area contributed by atoms with Crippen LogP contribution in [-0.2, 0) is 21.2 Å². The third-order valence-corrected chi connectivity index (χ3v) is 9.32. The highest BCUT2D eigenvalue weighted by Gasteiger charge is 2.27. The number of benzene rings is 2. The fourth-order valence-corrected chi connectivity index (χ4v) is 6.67. The quantitative estimate of drug-likeness (QED) is 0.200. The van der Waals surface area contributed by atoms with Gasteiger partial charge in [-0.05, 0) is 55.7 Å². The lowest BCUT2D eigenvalue weighted by Gasteiger charge is -2.15. The van der Waals surface area contributed by atoms with Crippen molar-refractivity contribution in [2.45, 2.75) is 42.7 Å². The number of carbonyl (C=O) groups excluding carboxylic acids is 2. The molecule has 37 heavy (non-hydrogen) atoms. The van der Waals surface area contributed by atoms with Crippen molar-refractivity contribution in [1.29, 1.82) is 0 Å². The molecule has 1 N–H and O–H groups in total. The van der Waals surface area contributed by atoms with E-state index in [0.29, 0.717) is 43.2 Å². The lowest BCUT2D eigenvalue weighted by molar-refractivity contribution is -0.118. The Morgan fingerprint density at radius 2 is 1.70 bits per heavy atom. The van der Waals surface area contributed by atoms with Gasteiger partial charge in [-0.15, -0.1) is 10.2 Å². The summed E-state index contributed by atoms with van der Waals surface area (Å²) in [7, 11) is -3.52. The monoisotopic (exact) mass is 605 g/mol. The molecule has 0 aliphatic carbocycles. The Labute approximate surface area is 229 Å². The first kappa shape index (κ1) is 27.5. The number of aromatic nitrogens is 3. The SMILES string of the molecule is CC(=O)NCCCc1nnc(SCC(=O)c2ccc(S(=O)(=O)N3CCCC3)cc2)n1-c1ccc(Br)cc1. The number of carbonyl (C=O) groups is 2. The number of nitrogens with zero attached hydrogens (tertiary/aromatic N) is 4. The second-order valence-electron chi connectivity index (χ2n) is 8.64. The molecule has 0 saturated carbocycles. The van der Waals surface area contributed by atoms with Crippen LogP contribution in [0.15, 0.2) is 63.1 Å². The van der Waals surface area contributed by atoms with E-state index in [1.54, 1.807) is 12.1 Å². The van der Waals surface area contributed by atoms with E-state index >= 15 is 0 Å². The first-order valence-corrected chi connectivity index (χ1v) is 15.2. The first-order chi connectivity index (χ1) is 17.8. The number of Topliss-reactive ketones (excluding diaryl/α,β-unsaturated/α-hetero) is 1. The number of ketones is 1. The van der Waals surface area contributed by atoms with Gasteiger partial charge in [-0.3, -0.25) is 14.2 Å². The third-order valence-electron chi connectivity index (χ3n) is 5.95. The molecule has 2 heterocycles. The summed E-state index contributed by atoms with van der Waals surface area (Å²) in [6.45, 7) is 3.09. The van der Waals surface area contributed by atoms with E-state index in [1.165, 1.54) is 35.1 Å². The van der Waals surface area contributed by atoms with Crippen molar-refractivity contribution >= 4 is 49.4 Å². The molecule has 0 radical (unpaired) electrons.